The number of nitrogens with zero attached hydrogens (tertiary/aromatic N) is 5. The topological polar surface area (TPSA) is 81.2 Å². The van der Waals surface area contributed by atoms with E-state index in [1.54, 1.807) is 0 Å². The fourth-order valence-corrected chi connectivity index (χ4v) is 3.33. The van der Waals surface area contributed by atoms with Crippen LogP contribution in [0.4, 0.5) is 11.1 Å². The number of aliphatic hydroxyl groups is 1. The molecule has 0 spiro atoms. The highest BCUT2D eigenvalue weighted by Crippen LogP contribution is 2.28. The molecule has 2 aromatic rings. The first-order valence-corrected chi connectivity index (χ1v) is 7.75. The molecule has 0 radical (unpaired) electrons. The maximum atomic E-state index is 10.3. The van der Waals surface area contributed by atoms with Crippen LogP contribution in [0.25, 0.3) is 0 Å². The first-order chi connectivity index (χ1) is 10.0. The lowest BCUT2D eigenvalue weighted by Gasteiger charge is -2.13. The van der Waals surface area contributed by atoms with Crippen molar-refractivity contribution in [3.63, 3.8) is 0 Å². The van der Waals surface area contributed by atoms with E-state index in [1.807, 2.05) is 32.0 Å². The summed E-state index contributed by atoms with van der Waals surface area (Å²) in [5.41, 5.74) is 2.05. The fourth-order valence-electron chi connectivity index (χ4n) is 2.58. The van der Waals surface area contributed by atoms with Gasteiger partial charge in [0.25, 0.3) is 0 Å². The first-order valence-electron chi connectivity index (χ1n) is 6.98. The maximum Gasteiger partial charge on any atom is 0.238 e. The normalized spacial score (nSPS) is 22.0. The summed E-state index contributed by atoms with van der Waals surface area (Å²) in [6.45, 7) is 3.38. The molecule has 1 fully saturated rings. The molecular formula is C13H20N6OS. The summed E-state index contributed by atoms with van der Waals surface area (Å²) in [5.74, 6) is 0.898. The Bertz CT molecular complexity index is 609. The Hall–Kier alpha value is -1.67. The lowest BCUT2D eigenvalue weighted by molar-refractivity contribution is 0.148. The number of aromatic nitrogens is 4. The molecule has 0 saturated carbocycles. The molecule has 8 heteroatoms. The quantitative estimate of drug-likeness (QED) is 0.864. The zero-order valence-electron chi connectivity index (χ0n) is 12.4. The molecule has 1 saturated heterocycles. The second-order valence-corrected chi connectivity index (χ2v) is 6.48. The minimum Gasteiger partial charge on any atom is -0.391 e. The summed E-state index contributed by atoms with van der Waals surface area (Å²) in [6.07, 6.45) is 0.426. The van der Waals surface area contributed by atoms with E-state index >= 15 is 0 Å². The van der Waals surface area contributed by atoms with Crippen LogP contribution in [0.15, 0.2) is 6.07 Å². The summed E-state index contributed by atoms with van der Waals surface area (Å²) in [6, 6.07) is 2.03. The molecule has 0 unspecified atom stereocenters. The highest BCUT2D eigenvalue weighted by atomic mass is 32.1. The smallest absolute Gasteiger partial charge is 0.238 e. The van der Waals surface area contributed by atoms with E-state index in [9.17, 15) is 5.11 Å². The van der Waals surface area contributed by atoms with Crippen molar-refractivity contribution in [2.45, 2.75) is 19.4 Å². The molecule has 2 atom stereocenters. The van der Waals surface area contributed by atoms with Gasteiger partial charge in [-0.05, 0) is 19.4 Å². The van der Waals surface area contributed by atoms with Gasteiger partial charge >= 0.3 is 0 Å². The number of nitrogens with one attached hydrogen (secondary N) is 1. The SMILES string of the molecule is Cc1cc(C[C@@H]2CN(c3nc(N(C)C)ns3)C[C@H]2O)n[nH]1. The highest BCUT2D eigenvalue weighted by Gasteiger charge is 2.33. The zero-order valence-corrected chi connectivity index (χ0v) is 13.3. The van der Waals surface area contributed by atoms with Crippen LogP contribution in [0, 0.1) is 12.8 Å². The Morgan fingerprint density at radius 3 is 2.90 bits per heavy atom. The second kappa shape index (κ2) is 5.61. The zero-order chi connectivity index (χ0) is 15.0. The van der Waals surface area contributed by atoms with Crippen molar-refractivity contribution in [3.05, 3.63) is 17.5 Å². The fraction of sp³-hybridized carbons (Fsp3) is 0.615. The third-order valence-electron chi connectivity index (χ3n) is 3.71. The van der Waals surface area contributed by atoms with E-state index in [2.05, 4.69) is 24.5 Å². The van der Waals surface area contributed by atoms with Crippen LogP contribution in [0.2, 0.25) is 0 Å². The van der Waals surface area contributed by atoms with Crippen molar-refractivity contribution in [2.24, 2.45) is 5.92 Å². The predicted molar refractivity (Wildman–Crippen MR) is 83.0 cm³/mol. The van der Waals surface area contributed by atoms with Crippen molar-refractivity contribution in [1.82, 2.24) is 19.6 Å². The number of anilines is 2. The van der Waals surface area contributed by atoms with Gasteiger partial charge in [0.05, 0.1) is 11.8 Å². The van der Waals surface area contributed by atoms with Crippen molar-refractivity contribution in [1.29, 1.82) is 0 Å². The van der Waals surface area contributed by atoms with Gasteiger partial charge in [0.2, 0.25) is 11.1 Å². The third-order valence-corrected chi connectivity index (χ3v) is 4.48. The highest BCUT2D eigenvalue weighted by molar-refractivity contribution is 7.09. The molecule has 3 heterocycles. The van der Waals surface area contributed by atoms with E-state index < -0.39 is 0 Å². The van der Waals surface area contributed by atoms with Crippen LogP contribution in [0.3, 0.4) is 0 Å². The van der Waals surface area contributed by atoms with Gasteiger partial charge in [-0.25, -0.2) is 0 Å². The second-order valence-electron chi connectivity index (χ2n) is 5.75. The minimum absolute atomic E-state index is 0.180. The first kappa shape index (κ1) is 14.3. The number of β-amino-alcohol motifs (C(OH)–C–C–N with tert-alkyl or cyclic N) is 1. The Balaban J connectivity index is 1.67. The van der Waals surface area contributed by atoms with Gasteiger partial charge in [-0.15, -0.1) is 0 Å². The summed E-state index contributed by atoms with van der Waals surface area (Å²) in [7, 11) is 3.85. The number of rotatable bonds is 4. The molecule has 1 aliphatic heterocycles. The van der Waals surface area contributed by atoms with E-state index in [4.69, 9.17) is 0 Å². The molecule has 114 valence electrons. The number of hydrogen-bond donors (Lipinski definition) is 2. The molecule has 7 nitrogen and oxygen atoms in total. The van der Waals surface area contributed by atoms with Gasteiger partial charge < -0.3 is 14.9 Å². The Morgan fingerprint density at radius 2 is 2.29 bits per heavy atom. The lowest BCUT2D eigenvalue weighted by Crippen LogP contribution is -2.21. The molecule has 0 bridgehead atoms. The summed E-state index contributed by atoms with van der Waals surface area (Å²) in [4.78, 5) is 8.49. The molecule has 2 aromatic heterocycles. The number of aliphatic hydroxyl groups excluding tert-OH is 1. The van der Waals surface area contributed by atoms with Gasteiger partial charge in [0.1, 0.15) is 0 Å². The minimum atomic E-state index is -0.353. The van der Waals surface area contributed by atoms with Gasteiger partial charge in [0.15, 0.2) is 0 Å². The Morgan fingerprint density at radius 1 is 1.48 bits per heavy atom. The monoisotopic (exact) mass is 308 g/mol. The van der Waals surface area contributed by atoms with Gasteiger partial charge in [-0.2, -0.15) is 14.5 Å². The summed E-state index contributed by atoms with van der Waals surface area (Å²) < 4.78 is 4.31. The molecule has 0 amide bonds. The number of aromatic amines is 1. The van der Waals surface area contributed by atoms with Crippen molar-refractivity contribution >= 4 is 22.6 Å². The van der Waals surface area contributed by atoms with E-state index in [0.717, 1.165) is 35.4 Å². The number of aryl methyl sites for hydroxylation is 1. The van der Waals surface area contributed by atoms with Crippen LogP contribution in [0.1, 0.15) is 11.4 Å². The summed E-state index contributed by atoms with van der Waals surface area (Å²) >= 11 is 1.38. The molecule has 2 N–H and O–H groups in total. The standard InChI is InChI=1S/C13H20N6OS/c1-8-4-10(16-15-8)5-9-6-19(7-11(9)20)13-14-12(17-21-13)18(2)3/h4,9,11,20H,5-7H2,1-3H3,(H,15,16)/t9-,11-/m1/s1. The Kier molecular flexibility index (Phi) is 3.81. The van der Waals surface area contributed by atoms with Crippen LogP contribution in [-0.4, -0.2) is 58.0 Å². The Labute approximate surface area is 127 Å². The molecule has 0 aliphatic carbocycles. The average molecular weight is 308 g/mol. The van der Waals surface area contributed by atoms with Gasteiger partial charge in [-0.3, -0.25) is 5.10 Å². The lowest BCUT2D eigenvalue weighted by atomic mass is 10.0. The third kappa shape index (κ3) is 3.01. The van der Waals surface area contributed by atoms with E-state index in [0.29, 0.717) is 6.54 Å². The van der Waals surface area contributed by atoms with Crippen molar-refractivity contribution in [3.8, 4) is 0 Å². The molecular weight excluding hydrogens is 288 g/mol. The summed E-state index contributed by atoms with van der Waals surface area (Å²) in [5, 5.41) is 18.3. The molecule has 0 aromatic carbocycles. The van der Waals surface area contributed by atoms with Crippen molar-refractivity contribution in [2.75, 3.05) is 37.0 Å². The van der Waals surface area contributed by atoms with Gasteiger partial charge in [-0.1, -0.05) is 0 Å². The van der Waals surface area contributed by atoms with Crippen LogP contribution < -0.4 is 9.80 Å². The maximum absolute atomic E-state index is 10.3. The van der Waals surface area contributed by atoms with E-state index in [-0.39, 0.29) is 12.0 Å². The number of hydrogen-bond acceptors (Lipinski definition) is 7. The van der Waals surface area contributed by atoms with Crippen LogP contribution >= 0.6 is 11.5 Å². The number of H-pyrrole nitrogens is 1. The average Bonchev–Trinajstić information content (AvgIpc) is 3.11. The van der Waals surface area contributed by atoms with Crippen molar-refractivity contribution < 1.29 is 5.11 Å². The molecule has 1 aliphatic rings. The van der Waals surface area contributed by atoms with Gasteiger partial charge in [0, 0.05) is 50.3 Å². The van der Waals surface area contributed by atoms with Crippen LogP contribution in [-0.2, 0) is 6.42 Å². The largest absolute Gasteiger partial charge is 0.391 e. The van der Waals surface area contributed by atoms with Crippen LogP contribution in [0.5, 0.6) is 0 Å². The predicted octanol–water partition coefficient (Wildman–Crippen LogP) is 0.675. The molecule has 21 heavy (non-hydrogen) atoms. The molecule has 3 rings (SSSR count). The van der Waals surface area contributed by atoms with E-state index in [1.165, 1.54) is 11.5 Å².